The van der Waals surface area contributed by atoms with Crippen LogP contribution in [-0.2, 0) is 0 Å². The van der Waals surface area contributed by atoms with Crippen molar-refractivity contribution in [1.29, 1.82) is 0 Å². The molecule has 1 heterocycles. The Balaban J connectivity index is 2.09. The van der Waals surface area contributed by atoms with Crippen LogP contribution in [0.5, 0.6) is 0 Å². The summed E-state index contributed by atoms with van der Waals surface area (Å²) >= 11 is 0. The van der Waals surface area contributed by atoms with Gasteiger partial charge in [0.25, 0.3) is 0 Å². The predicted octanol–water partition coefficient (Wildman–Crippen LogP) is 1.98. The number of rotatable bonds is 4. The Morgan fingerprint density at radius 2 is 2.24 bits per heavy atom. The van der Waals surface area contributed by atoms with Crippen molar-refractivity contribution in [3.63, 3.8) is 0 Å². The average Bonchev–Trinajstić information content (AvgIpc) is 2.71. The topological polar surface area (TPSA) is 73.3 Å². The Kier molecular flexibility index (Phi) is 3.10. The summed E-state index contributed by atoms with van der Waals surface area (Å²) in [6, 6.07) is 7.76. The van der Waals surface area contributed by atoms with E-state index in [1.54, 1.807) is 6.21 Å². The molecule has 0 spiro atoms. The molecule has 2 rings (SSSR count). The quantitative estimate of drug-likeness (QED) is 0.557. The predicted molar refractivity (Wildman–Crippen MR) is 69.1 cm³/mol. The van der Waals surface area contributed by atoms with Gasteiger partial charge in [-0.25, -0.2) is 10.4 Å². The number of hydrogen-bond acceptors (Lipinski definition) is 4. The fourth-order valence-corrected chi connectivity index (χ4v) is 1.31. The van der Waals surface area contributed by atoms with Gasteiger partial charge in [0, 0.05) is 11.6 Å². The number of aliphatic hydroxyl groups excluding tert-OH is 1. The van der Waals surface area contributed by atoms with Crippen LogP contribution < -0.4 is 5.43 Å². The van der Waals surface area contributed by atoms with Crippen molar-refractivity contribution in [3.8, 4) is 0 Å². The summed E-state index contributed by atoms with van der Waals surface area (Å²) in [7, 11) is 0. The second-order valence-corrected chi connectivity index (χ2v) is 4.62. The molecule has 0 aliphatic heterocycles. The minimum atomic E-state index is -0.334. The van der Waals surface area contributed by atoms with E-state index in [0.717, 1.165) is 11.0 Å². The number of fused-ring (bicyclic) bond motifs is 1. The highest BCUT2D eigenvalue weighted by atomic mass is 16.3. The van der Waals surface area contributed by atoms with Crippen molar-refractivity contribution in [2.24, 2.45) is 10.5 Å². The second-order valence-electron chi connectivity index (χ2n) is 4.62. The molecule has 0 aliphatic rings. The number of nitrogens with zero attached hydrogens (tertiary/aromatic N) is 2. The van der Waals surface area contributed by atoms with E-state index in [1.165, 1.54) is 0 Å². The number of hydrogen-bond donors (Lipinski definition) is 3. The van der Waals surface area contributed by atoms with Crippen molar-refractivity contribution in [3.05, 3.63) is 24.3 Å². The number of hydrazone groups is 1. The summed E-state index contributed by atoms with van der Waals surface area (Å²) in [6.45, 7) is 3.85. The molecule has 2 aromatic rings. The fraction of sp³-hybridized carbons (Fsp3) is 0.333. The maximum Gasteiger partial charge on any atom is 0.222 e. The number of nitrogens with one attached hydrogen (secondary N) is 2. The van der Waals surface area contributed by atoms with Crippen molar-refractivity contribution in [2.75, 3.05) is 12.0 Å². The lowest BCUT2D eigenvalue weighted by molar-refractivity contribution is 0.216. The summed E-state index contributed by atoms with van der Waals surface area (Å²) < 4.78 is 0. The molecule has 5 heteroatoms. The van der Waals surface area contributed by atoms with Crippen LogP contribution in [0, 0.1) is 5.41 Å². The third kappa shape index (κ3) is 2.82. The van der Waals surface area contributed by atoms with Gasteiger partial charge in [-0.3, -0.25) is 0 Å². The first-order valence-corrected chi connectivity index (χ1v) is 5.46. The number of H-pyrrole nitrogens is 1. The Bertz CT molecular complexity index is 497. The van der Waals surface area contributed by atoms with Gasteiger partial charge in [-0.1, -0.05) is 26.0 Å². The third-order valence-electron chi connectivity index (χ3n) is 2.38. The second kappa shape index (κ2) is 4.55. The smallest absolute Gasteiger partial charge is 0.222 e. The summed E-state index contributed by atoms with van der Waals surface area (Å²) in [4.78, 5) is 7.42. The third-order valence-corrected chi connectivity index (χ3v) is 2.38. The molecular weight excluding hydrogens is 216 g/mol. The van der Waals surface area contributed by atoms with Gasteiger partial charge >= 0.3 is 0 Å². The number of imidazole rings is 1. The van der Waals surface area contributed by atoms with Gasteiger partial charge in [0.15, 0.2) is 0 Å². The van der Waals surface area contributed by atoms with Crippen LogP contribution in [0.3, 0.4) is 0 Å². The van der Waals surface area contributed by atoms with Gasteiger partial charge in [-0.2, -0.15) is 5.10 Å². The lowest BCUT2D eigenvalue weighted by atomic mass is 9.97. The molecule has 5 nitrogen and oxygen atoms in total. The van der Waals surface area contributed by atoms with E-state index >= 15 is 0 Å². The van der Waals surface area contributed by atoms with E-state index in [-0.39, 0.29) is 12.0 Å². The number of anilines is 1. The van der Waals surface area contributed by atoms with E-state index < -0.39 is 0 Å². The van der Waals surface area contributed by atoms with Gasteiger partial charge in [-0.05, 0) is 12.1 Å². The maximum absolute atomic E-state index is 9.06. The maximum atomic E-state index is 9.06. The molecule has 17 heavy (non-hydrogen) atoms. The van der Waals surface area contributed by atoms with Crippen LogP contribution in [0.2, 0.25) is 0 Å². The molecule has 0 amide bonds. The van der Waals surface area contributed by atoms with Crippen LogP contribution in [0.1, 0.15) is 13.8 Å². The van der Waals surface area contributed by atoms with E-state index in [1.807, 2.05) is 38.1 Å². The van der Waals surface area contributed by atoms with Crippen LogP contribution >= 0.6 is 0 Å². The summed E-state index contributed by atoms with van der Waals surface area (Å²) in [5.74, 6) is 0.594. The van der Waals surface area contributed by atoms with Gasteiger partial charge in [-0.15, -0.1) is 0 Å². The summed E-state index contributed by atoms with van der Waals surface area (Å²) in [5, 5.41) is 13.1. The van der Waals surface area contributed by atoms with E-state index in [9.17, 15) is 0 Å². The van der Waals surface area contributed by atoms with E-state index in [0.29, 0.717) is 5.95 Å². The monoisotopic (exact) mass is 232 g/mol. The number of aromatic amines is 1. The molecule has 0 fully saturated rings. The van der Waals surface area contributed by atoms with E-state index in [2.05, 4.69) is 20.5 Å². The minimum Gasteiger partial charge on any atom is -0.395 e. The highest BCUT2D eigenvalue weighted by molar-refractivity contribution is 5.77. The molecule has 3 N–H and O–H groups in total. The first-order chi connectivity index (χ1) is 8.11. The van der Waals surface area contributed by atoms with Gasteiger partial charge in [0.1, 0.15) is 0 Å². The SMILES string of the molecule is CC(C)(C=NNc1nc2ccccc2[nH]1)CO. The molecule has 1 aromatic carbocycles. The molecule has 1 aromatic heterocycles. The molecule has 90 valence electrons. The van der Waals surface area contributed by atoms with E-state index in [4.69, 9.17) is 5.11 Å². The van der Waals surface area contributed by atoms with Crippen LogP contribution in [0.15, 0.2) is 29.4 Å². The molecule has 0 aliphatic carbocycles. The highest BCUT2D eigenvalue weighted by Crippen LogP contribution is 2.14. The van der Waals surface area contributed by atoms with Gasteiger partial charge in [0.05, 0.1) is 17.6 Å². The van der Waals surface area contributed by atoms with Crippen molar-refractivity contribution in [2.45, 2.75) is 13.8 Å². The Labute approximate surface area is 99.6 Å². The van der Waals surface area contributed by atoms with Crippen molar-refractivity contribution >= 4 is 23.2 Å². The Morgan fingerprint density at radius 1 is 1.47 bits per heavy atom. The number of aliphatic hydroxyl groups is 1. The summed E-state index contributed by atoms with van der Waals surface area (Å²) in [6.07, 6.45) is 1.67. The largest absolute Gasteiger partial charge is 0.395 e. The number of benzene rings is 1. The molecule has 0 saturated carbocycles. The molecule has 0 unspecified atom stereocenters. The average molecular weight is 232 g/mol. The molecule has 0 radical (unpaired) electrons. The zero-order valence-corrected chi connectivity index (χ0v) is 9.94. The number of para-hydroxylation sites is 2. The zero-order chi connectivity index (χ0) is 12.3. The molecule has 0 saturated heterocycles. The molecule has 0 bridgehead atoms. The first-order valence-electron chi connectivity index (χ1n) is 5.46. The number of aromatic nitrogens is 2. The van der Waals surface area contributed by atoms with Crippen LogP contribution in [0.4, 0.5) is 5.95 Å². The Hall–Kier alpha value is -1.88. The van der Waals surface area contributed by atoms with Gasteiger partial charge < -0.3 is 10.1 Å². The van der Waals surface area contributed by atoms with Crippen LogP contribution in [-0.4, -0.2) is 27.9 Å². The minimum absolute atomic E-state index is 0.0539. The Morgan fingerprint density at radius 3 is 2.94 bits per heavy atom. The molecule has 0 atom stereocenters. The van der Waals surface area contributed by atoms with Crippen molar-refractivity contribution < 1.29 is 5.11 Å². The first kappa shape index (κ1) is 11.6. The lowest BCUT2D eigenvalue weighted by Crippen LogP contribution is -2.18. The normalized spacial score (nSPS) is 12.4. The summed E-state index contributed by atoms with van der Waals surface area (Å²) in [5.41, 5.74) is 4.34. The zero-order valence-electron chi connectivity index (χ0n) is 9.94. The standard InChI is InChI=1S/C12H16N4O/c1-12(2,8-17)7-13-16-11-14-9-5-3-4-6-10(9)15-11/h3-7,17H,8H2,1-2H3,(H2,14,15,16). The van der Waals surface area contributed by atoms with Crippen LogP contribution in [0.25, 0.3) is 11.0 Å². The fourth-order valence-electron chi connectivity index (χ4n) is 1.31. The van der Waals surface area contributed by atoms with Crippen molar-refractivity contribution in [1.82, 2.24) is 9.97 Å². The highest BCUT2D eigenvalue weighted by Gasteiger charge is 2.12. The van der Waals surface area contributed by atoms with Gasteiger partial charge in [0.2, 0.25) is 5.95 Å². The molecular formula is C12H16N4O. The lowest BCUT2D eigenvalue weighted by Gasteiger charge is -2.13.